The van der Waals surface area contributed by atoms with Gasteiger partial charge in [0.2, 0.25) is 0 Å². The molecule has 0 spiro atoms. The number of carboxylic acids is 1. The number of nitrogens with one attached hydrogen (secondary N) is 1. The average Bonchev–Trinajstić information content (AvgIpc) is 3.19. The molecule has 0 aliphatic heterocycles. The van der Waals surface area contributed by atoms with Crippen LogP contribution in [0.5, 0.6) is 0 Å². The van der Waals surface area contributed by atoms with E-state index in [-0.39, 0.29) is 28.6 Å². The molecule has 2 rings (SSSR count). The minimum absolute atomic E-state index is 0.0201. The highest BCUT2D eigenvalue weighted by Gasteiger charge is 2.26. The summed E-state index contributed by atoms with van der Waals surface area (Å²) in [6, 6.07) is 0.431. The Balaban J connectivity index is 2.34. The van der Waals surface area contributed by atoms with E-state index in [1.165, 1.54) is 26.1 Å². The van der Waals surface area contributed by atoms with Crippen LogP contribution in [0, 0.1) is 6.92 Å². The Morgan fingerprint density at radius 3 is 2.59 bits per heavy atom. The van der Waals surface area contributed by atoms with E-state index in [2.05, 4.69) is 10.4 Å². The highest BCUT2D eigenvalue weighted by Crippen LogP contribution is 2.34. The number of nitrogens with zero attached hydrogens (tertiary/aromatic N) is 2. The smallest absolute Gasteiger partial charge is 0.341 e. The molecule has 0 aliphatic carbocycles. The normalized spacial score (nSPS) is 11.7. The number of ether oxygens (including phenoxy) is 1. The van der Waals surface area contributed by atoms with Crippen LogP contribution in [0.15, 0.2) is 12.3 Å². The Kier molecular flexibility index (Phi) is 6.11. The summed E-state index contributed by atoms with van der Waals surface area (Å²) in [6.07, 6.45) is 1.38. The van der Waals surface area contributed by atoms with E-state index < -0.39 is 23.9 Å². The van der Waals surface area contributed by atoms with Crippen LogP contribution in [-0.4, -0.2) is 45.1 Å². The lowest BCUT2D eigenvalue weighted by atomic mass is 10.1. The van der Waals surface area contributed by atoms with Crippen molar-refractivity contribution in [3.8, 4) is 0 Å². The number of amides is 1. The first-order valence-corrected chi connectivity index (χ1v) is 8.89. The second-order valence-electron chi connectivity index (χ2n) is 5.69. The molecule has 1 atom stereocenters. The van der Waals surface area contributed by atoms with Crippen molar-refractivity contribution < 1.29 is 29.0 Å². The molecule has 0 bridgehead atoms. The SMILES string of the molecule is CCOC(=O)c1c(NC(=O)c2ccn(C(C)C(=O)O)n2)sc(C(C)=O)c1C. The molecule has 0 fully saturated rings. The minimum Gasteiger partial charge on any atom is -0.480 e. The number of carboxylic acid groups (broad SMARTS) is 1. The summed E-state index contributed by atoms with van der Waals surface area (Å²) in [5.41, 5.74) is 0.540. The highest BCUT2D eigenvalue weighted by molar-refractivity contribution is 7.18. The van der Waals surface area contributed by atoms with Gasteiger partial charge in [-0.15, -0.1) is 11.3 Å². The summed E-state index contributed by atoms with van der Waals surface area (Å²) in [5, 5.41) is 15.7. The molecule has 2 N–H and O–H groups in total. The summed E-state index contributed by atoms with van der Waals surface area (Å²) in [7, 11) is 0. The Morgan fingerprint density at radius 1 is 1.37 bits per heavy atom. The van der Waals surface area contributed by atoms with Gasteiger partial charge in [0, 0.05) is 6.20 Å². The van der Waals surface area contributed by atoms with Crippen LogP contribution < -0.4 is 5.32 Å². The van der Waals surface area contributed by atoms with E-state index in [1.54, 1.807) is 13.8 Å². The molecule has 2 aromatic heterocycles. The number of Topliss-reactive ketones (excluding diaryl/α,β-unsaturated/α-hetero) is 1. The number of rotatable bonds is 7. The second-order valence-corrected chi connectivity index (χ2v) is 6.71. The zero-order valence-electron chi connectivity index (χ0n) is 15.2. The lowest BCUT2D eigenvalue weighted by Gasteiger charge is -2.07. The van der Waals surface area contributed by atoms with Crippen molar-refractivity contribution in [2.75, 3.05) is 11.9 Å². The molecule has 1 unspecified atom stereocenters. The van der Waals surface area contributed by atoms with Crippen LogP contribution in [0.4, 0.5) is 5.00 Å². The lowest BCUT2D eigenvalue weighted by Crippen LogP contribution is -2.18. The molecule has 2 aromatic rings. The Labute approximate surface area is 158 Å². The molecule has 2 heterocycles. The van der Waals surface area contributed by atoms with Gasteiger partial charge in [-0.05, 0) is 39.3 Å². The maximum Gasteiger partial charge on any atom is 0.341 e. The van der Waals surface area contributed by atoms with Gasteiger partial charge in [-0.1, -0.05) is 0 Å². The third kappa shape index (κ3) is 4.22. The van der Waals surface area contributed by atoms with Gasteiger partial charge in [0.1, 0.15) is 11.0 Å². The predicted molar refractivity (Wildman–Crippen MR) is 97.5 cm³/mol. The van der Waals surface area contributed by atoms with Crippen LogP contribution in [-0.2, 0) is 9.53 Å². The molecular weight excluding hydrogens is 374 g/mol. The summed E-state index contributed by atoms with van der Waals surface area (Å²) in [4.78, 5) is 47.9. The monoisotopic (exact) mass is 393 g/mol. The van der Waals surface area contributed by atoms with Crippen molar-refractivity contribution in [1.82, 2.24) is 9.78 Å². The second kappa shape index (κ2) is 8.12. The van der Waals surface area contributed by atoms with E-state index in [0.29, 0.717) is 10.4 Å². The number of carbonyl (C=O) groups excluding carboxylic acids is 3. The van der Waals surface area contributed by atoms with E-state index >= 15 is 0 Å². The first-order valence-electron chi connectivity index (χ1n) is 8.08. The molecule has 0 aromatic carbocycles. The molecule has 0 saturated carbocycles. The number of hydrogen-bond acceptors (Lipinski definition) is 7. The number of aliphatic carboxylic acids is 1. The summed E-state index contributed by atoms with van der Waals surface area (Å²) in [6.45, 7) is 6.21. The third-order valence-electron chi connectivity index (χ3n) is 3.77. The van der Waals surface area contributed by atoms with Crippen molar-refractivity contribution in [2.24, 2.45) is 0 Å². The van der Waals surface area contributed by atoms with Crippen molar-refractivity contribution in [3.63, 3.8) is 0 Å². The molecule has 0 aliphatic rings. The number of ketones is 1. The quantitative estimate of drug-likeness (QED) is 0.546. The maximum atomic E-state index is 12.5. The summed E-state index contributed by atoms with van der Waals surface area (Å²) >= 11 is 0.978. The van der Waals surface area contributed by atoms with Gasteiger partial charge in [-0.3, -0.25) is 14.3 Å². The molecule has 0 saturated heterocycles. The molecular formula is C17H19N3O6S. The van der Waals surface area contributed by atoms with Crippen molar-refractivity contribution >= 4 is 40.0 Å². The predicted octanol–water partition coefficient (Wildman–Crippen LogP) is 2.53. The van der Waals surface area contributed by atoms with Crippen LogP contribution >= 0.6 is 11.3 Å². The van der Waals surface area contributed by atoms with Gasteiger partial charge in [-0.25, -0.2) is 9.59 Å². The Morgan fingerprint density at radius 2 is 2.04 bits per heavy atom. The minimum atomic E-state index is -1.09. The number of hydrogen-bond donors (Lipinski definition) is 2. The van der Waals surface area contributed by atoms with Crippen molar-refractivity contribution in [1.29, 1.82) is 0 Å². The van der Waals surface area contributed by atoms with Gasteiger partial charge in [0.25, 0.3) is 5.91 Å². The number of esters is 1. The summed E-state index contributed by atoms with van der Waals surface area (Å²) < 4.78 is 6.15. The topological polar surface area (TPSA) is 128 Å². The van der Waals surface area contributed by atoms with Crippen molar-refractivity contribution in [2.45, 2.75) is 33.7 Å². The van der Waals surface area contributed by atoms with Crippen LogP contribution in [0.1, 0.15) is 62.9 Å². The van der Waals surface area contributed by atoms with Gasteiger partial charge < -0.3 is 15.2 Å². The Hall–Kier alpha value is -3.01. The van der Waals surface area contributed by atoms with Gasteiger partial charge in [0.05, 0.1) is 17.0 Å². The van der Waals surface area contributed by atoms with Crippen LogP contribution in [0.25, 0.3) is 0 Å². The zero-order valence-corrected chi connectivity index (χ0v) is 16.0. The number of thiophene rings is 1. The van der Waals surface area contributed by atoms with Crippen LogP contribution in [0.2, 0.25) is 0 Å². The molecule has 9 nitrogen and oxygen atoms in total. The summed E-state index contributed by atoms with van der Waals surface area (Å²) in [5.74, 6) is -2.59. The fourth-order valence-electron chi connectivity index (χ4n) is 2.34. The fraction of sp³-hybridized carbons (Fsp3) is 0.353. The van der Waals surface area contributed by atoms with Gasteiger partial charge in [0.15, 0.2) is 11.5 Å². The molecule has 144 valence electrons. The zero-order chi connectivity index (χ0) is 20.3. The maximum absolute atomic E-state index is 12.5. The van der Waals surface area contributed by atoms with Crippen molar-refractivity contribution in [3.05, 3.63) is 34.0 Å². The number of aromatic nitrogens is 2. The first kappa shape index (κ1) is 20.3. The third-order valence-corrected chi connectivity index (χ3v) is 5.08. The Bertz CT molecular complexity index is 914. The molecule has 10 heteroatoms. The van der Waals surface area contributed by atoms with Gasteiger partial charge in [-0.2, -0.15) is 5.10 Å². The largest absolute Gasteiger partial charge is 0.480 e. The molecule has 0 radical (unpaired) electrons. The van der Waals surface area contributed by atoms with E-state index in [4.69, 9.17) is 9.84 Å². The first-order chi connectivity index (χ1) is 12.7. The highest BCUT2D eigenvalue weighted by atomic mass is 32.1. The lowest BCUT2D eigenvalue weighted by molar-refractivity contribution is -0.140. The number of anilines is 1. The average molecular weight is 393 g/mol. The number of carbonyl (C=O) groups is 4. The van der Waals surface area contributed by atoms with E-state index in [9.17, 15) is 19.2 Å². The van der Waals surface area contributed by atoms with E-state index in [0.717, 1.165) is 16.0 Å². The van der Waals surface area contributed by atoms with Crippen LogP contribution in [0.3, 0.4) is 0 Å². The van der Waals surface area contributed by atoms with Gasteiger partial charge >= 0.3 is 11.9 Å². The molecule has 27 heavy (non-hydrogen) atoms. The standard InChI is InChI=1S/C17H19N3O6S/c1-5-26-17(25)12-8(2)13(10(4)21)27-15(12)18-14(22)11-6-7-20(19-11)9(3)16(23)24/h6-7,9H,5H2,1-4H3,(H,18,22)(H,23,24). The van der Waals surface area contributed by atoms with E-state index in [1.807, 2.05) is 0 Å². The molecule has 1 amide bonds. The fourth-order valence-corrected chi connectivity index (χ4v) is 3.43.